The zero-order valence-electron chi connectivity index (χ0n) is 7.14. The largest absolute Gasteiger partial charge is 0.0651 e. The van der Waals surface area contributed by atoms with Crippen LogP contribution in [-0.2, 0) is 0 Å². The Labute approximate surface area is 64.0 Å². The second-order valence-corrected chi connectivity index (χ2v) is 4.40. The highest BCUT2D eigenvalue weighted by Crippen LogP contribution is 2.61. The Kier molecular flexibility index (Phi) is 1.51. The maximum absolute atomic E-state index is 2.40. The van der Waals surface area contributed by atoms with Gasteiger partial charge in [0.1, 0.15) is 0 Å². The van der Waals surface area contributed by atoms with Crippen molar-refractivity contribution >= 4 is 0 Å². The molecule has 0 bridgehead atoms. The normalized spacial score (nSPS) is 45.6. The van der Waals surface area contributed by atoms with Gasteiger partial charge in [-0.3, -0.25) is 0 Å². The van der Waals surface area contributed by atoms with Gasteiger partial charge >= 0.3 is 0 Å². The first-order valence-corrected chi connectivity index (χ1v) is 4.81. The van der Waals surface area contributed by atoms with E-state index in [-0.39, 0.29) is 0 Å². The van der Waals surface area contributed by atoms with E-state index in [2.05, 4.69) is 13.8 Å². The first-order valence-electron chi connectivity index (χ1n) is 4.81. The summed E-state index contributed by atoms with van der Waals surface area (Å²) in [6.45, 7) is 4.71. The molecule has 0 N–H and O–H groups in total. The van der Waals surface area contributed by atoms with Crippen LogP contribution >= 0.6 is 0 Å². The van der Waals surface area contributed by atoms with Crippen molar-refractivity contribution in [2.75, 3.05) is 0 Å². The van der Waals surface area contributed by atoms with E-state index >= 15 is 0 Å². The molecular formula is C10H18. The van der Waals surface area contributed by atoms with Crippen molar-refractivity contribution in [1.29, 1.82) is 0 Å². The van der Waals surface area contributed by atoms with Crippen LogP contribution in [0.5, 0.6) is 0 Å². The van der Waals surface area contributed by atoms with Gasteiger partial charge in [-0.2, -0.15) is 0 Å². The van der Waals surface area contributed by atoms with Crippen molar-refractivity contribution in [3.63, 3.8) is 0 Å². The minimum absolute atomic E-state index is 0.992. The maximum atomic E-state index is 2.40. The molecular weight excluding hydrogens is 120 g/mol. The van der Waals surface area contributed by atoms with Gasteiger partial charge in [-0.1, -0.05) is 20.3 Å². The van der Waals surface area contributed by atoms with Gasteiger partial charge in [0.25, 0.3) is 0 Å². The lowest BCUT2D eigenvalue weighted by atomic mass is 9.79. The molecule has 0 nitrogen and oxygen atoms in total. The number of fused-ring (bicyclic) bond motifs is 1. The van der Waals surface area contributed by atoms with Crippen molar-refractivity contribution in [3.8, 4) is 0 Å². The van der Waals surface area contributed by atoms with Gasteiger partial charge < -0.3 is 0 Å². The molecule has 10 heavy (non-hydrogen) atoms. The third kappa shape index (κ3) is 0.980. The van der Waals surface area contributed by atoms with E-state index in [1.54, 1.807) is 12.8 Å². The molecule has 2 aliphatic rings. The van der Waals surface area contributed by atoms with Crippen LogP contribution in [0.15, 0.2) is 0 Å². The first-order chi connectivity index (χ1) is 4.81. The lowest BCUT2D eigenvalue weighted by Gasteiger charge is -2.27. The van der Waals surface area contributed by atoms with Crippen LogP contribution < -0.4 is 0 Å². The van der Waals surface area contributed by atoms with E-state index in [4.69, 9.17) is 0 Å². The molecule has 2 saturated carbocycles. The highest BCUT2D eigenvalue weighted by atomic mass is 14.6. The zero-order chi connectivity index (χ0) is 7.14. The average molecular weight is 138 g/mol. The van der Waals surface area contributed by atoms with Gasteiger partial charge in [0.2, 0.25) is 0 Å². The lowest BCUT2D eigenvalue weighted by Crippen LogP contribution is -2.18. The summed E-state index contributed by atoms with van der Waals surface area (Å²) in [6, 6.07) is 0. The molecule has 2 rings (SSSR count). The summed E-state index contributed by atoms with van der Waals surface area (Å²) in [5.41, 5.74) is 0. The highest BCUT2D eigenvalue weighted by Gasteiger charge is 2.52. The molecule has 0 radical (unpaired) electrons. The second-order valence-electron chi connectivity index (χ2n) is 4.40. The fourth-order valence-corrected chi connectivity index (χ4v) is 2.44. The van der Waals surface area contributed by atoms with Crippen LogP contribution in [0.25, 0.3) is 0 Å². The molecule has 58 valence electrons. The zero-order valence-corrected chi connectivity index (χ0v) is 7.14. The Balaban J connectivity index is 1.70. The van der Waals surface area contributed by atoms with E-state index in [0.29, 0.717) is 0 Å². The highest BCUT2D eigenvalue weighted by molar-refractivity contribution is 5.02. The third-order valence-electron chi connectivity index (χ3n) is 3.59. The quantitative estimate of drug-likeness (QED) is 0.562. The van der Waals surface area contributed by atoms with Crippen molar-refractivity contribution in [2.24, 2.45) is 23.7 Å². The minimum atomic E-state index is 0.992. The van der Waals surface area contributed by atoms with Crippen LogP contribution in [0.3, 0.4) is 0 Å². The average Bonchev–Trinajstić information content (AvgIpc) is 2.56. The lowest BCUT2D eigenvalue weighted by molar-refractivity contribution is 0.233. The standard InChI is InChI=1S/C10H18/c1-3-7(2)4-8-5-9-6-10(8)9/h7-10H,3-6H2,1-2H3. The van der Waals surface area contributed by atoms with Crippen LogP contribution in [-0.4, -0.2) is 0 Å². The number of hydrogen-bond acceptors (Lipinski definition) is 0. The number of rotatable bonds is 3. The molecule has 0 heteroatoms. The van der Waals surface area contributed by atoms with Gasteiger partial charge in [0, 0.05) is 0 Å². The molecule has 2 aliphatic carbocycles. The topological polar surface area (TPSA) is 0 Å². The Bertz CT molecular complexity index is 128. The summed E-state index contributed by atoms with van der Waals surface area (Å²) < 4.78 is 0. The molecule has 4 atom stereocenters. The monoisotopic (exact) mass is 138 g/mol. The first kappa shape index (κ1) is 6.69. The summed E-state index contributed by atoms with van der Waals surface area (Å²) >= 11 is 0. The molecule has 0 spiro atoms. The van der Waals surface area contributed by atoms with Gasteiger partial charge in [-0.25, -0.2) is 0 Å². The predicted molar refractivity (Wildman–Crippen MR) is 43.8 cm³/mol. The summed E-state index contributed by atoms with van der Waals surface area (Å²) in [6.07, 6.45) is 6.07. The fraction of sp³-hybridized carbons (Fsp3) is 1.00. The molecule has 0 aromatic carbocycles. The maximum Gasteiger partial charge on any atom is -0.0354 e. The van der Waals surface area contributed by atoms with Crippen molar-refractivity contribution < 1.29 is 0 Å². The van der Waals surface area contributed by atoms with E-state index in [1.807, 2.05) is 0 Å². The molecule has 0 aliphatic heterocycles. The van der Waals surface area contributed by atoms with Gasteiger partial charge in [0.05, 0.1) is 0 Å². The molecule has 0 heterocycles. The van der Waals surface area contributed by atoms with E-state index in [9.17, 15) is 0 Å². The molecule has 4 unspecified atom stereocenters. The Morgan fingerprint density at radius 3 is 2.60 bits per heavy atom. The summed E-state index contributed by atoms with van der Waals surface area (Å²) in [4.78, 5) is 0. The Hall–Kier alpha value is 0. The molecule has 0 saturated heterocycles. The third-order valence-corrected chi connectivity index (χ3v) is 3.59. The SMILES string of the molecule is CCC(C)CC1CC2CC12. The Morgan fingerprint density at radius 2 is 2.20 bits per heavy atom. The van der Waals surface area contributed by atoms with Gasteiger partial charge in [0.15, 0.2) is 0 Å². The summed E-state index contributed by atoms with van der Waals surface area (Å²) in [5.74, 6) is 4.55. The number of hydrogen-bond donors (Lipinski definition) is 0. The molecule has 0 aromatic heterocycles. The predicted octanol–water partition coefficient (Wildman–Crippen LogP) is 3.08. The van der Waals surface area contributed by atoms with E-state index in [0.717, 1.165) is 11.8 Å². The van der Waals surface area contributed by atoms with Crippen LogP contribution in [0.4, 0.5) is 0 Å². The smallest absolute Gasteiger partial charge is 0.0354 e. The van der Waals surface area contributed by atoms with Crippen molar-refractivity contribution in [1.82, 2.24) is 0 Å². The molecule has 0 aromatic rings. The van der Waals surface area contributed by atoms with Crippen LogP contribution in [0, 0.1) is 23.7 Å². The van der Waals surface area contributed by atoms with Gasteiger partial charge in [-0.15, -0.1) is 0 Å². The van der Waals surface area contributed by atoms with E-state index in [1.165, 1.54) is 24.7 Å². The molecule has 0 amide bonds. The van der Waals surface area contributed by atoms with Gasteiger partial charge in [-0.05, 0) is 42.9 Å². The van der Waals surface area contributed by atoms with Crippen molar-refractivity contribution in [2.45, 2.75) is 39.5 Å². The minimum Gasteiger partial charge on any atom is -0.0651 e. The molecule has 2 fully saturated rings. The summed E-state index contributed by atoms with van der Waals surface area (Å²) in [7, 11) is 0. The summed E-state index contributed by atoms with van der Waals surface area (Å²) in [5, 5.41) is 0. The van der Waals surface area contributed by atoms with Crippen LogP contribution in [0.1, 0.15) is 39.5 Å². The Morgan fingerprint density at radius 1 is 1.40 bits per heavy atom. The van der Waals surface area contributed by atoms with Crippen molar-refractivity contribution in [3.05, 3.63) is 0 Å². The van der Waals surface area contributed by atoms with E-state index < -0.39 is 0 Å². The van der Waals surface area contributed by atoms with Crippen LogP contribution in [0.2, 0.25) is 0 Å². The second kappa shape index (κ2) is 2.25. The fourth-order valence-electron chi connectivity index (χ4n) is 2.44.